The summed E-state index contributed by atoms with van der Waals surface area (Å²) in [4.78, 5) is 16.9. The molecule has 2 aromatic carbocycles. The predicted molar refractivity (Wildman–Crippen MR) is 99.5 cm³/mol. The van der Waals surface area contributed by atoms with Crippen molar-refractivity contribution in [2.45, 2.75) is 19.9 Å². The van der Waals surface area contributed by atoms with Gasteiger partial charge in [-0.2, -0.15) is 0 Å². The summed E-state index contributed by atoms with van der Waals surface area (Å²) in [5.74, 6) is -0.582. The summed E-state index contributed by atoms with van der Waals surface area (Å²) in [6.45, 7) is 7.36. The van der Waals surface area contributed by atoms with Crippen molar-refractivity contribution in [2.24, 2.45) is 0 Å². The SMILES string of the molecule is Cc1ccccc1N1CCN([C@H](C)C(=O)Nc2ccccc2F)CC1. The lowest BCUT2D eigenvalue weighted by molar-refractivity contribution is -0.120. The second kappa shape index (κ2) is 7.66. The van der Waals surface area contributed by atoms with E-state index in [2.05, 4.69) is 40.2 Å². The highest BCUT2D eigenvalue weighted by Gasteiger charge is 2.26. The molecule has 1 aliphatic rings. The van der Waals surface area contributed by atoms with Gasteiger partial charge in [0.15, 0.2) is 0 Å². The van der Waals surface area contributed by atoms with Crippen molar-refractivity contribution in [1.29, 1.82) is 0 Å². The summed E-state index contributed by atoms with van der Waals surface area (Å²) in [6.07, 6.45) is 0. The summed E-state index contributed by atoms with van der Waals surface area (Å²) in [5, 5.41) is 2.69. The van der Waals surface area contributed by atoms with E-state index < -0.39 is 5.82 Å². The number of piperazine rings is 1. The molecule has 1 N–H and O–H groups in total. The van der Waals surface area contributed by atoms with E-state index in [0.717, 1.165) is 26.2 Å². The molecule has 0 aliphatic carbocycles. The van der Waals surface area contributed by atoms with Crippen LogP contribution in [0.1, 0.15) is 12.5 Å². The number of nitrogens with zero attached hydrogens (tertiary/aromatic N) is 2. The standard InChI is InChI=1S/C20H24FN3O/c1-15-7-3-6-10-19(15)24-13-11-23(12-14-24)16(2)20(25)22-18-9-5-4-8-17(18)21/h3-10,16H,11-14H2,1-2H3,(H,22,25)/t16-/m1/s1. The third-order valence-electron chi connectivity index (χ3n) is 4.83. The highest BCUT2D eigenvalue weighted by atomic mass is 19.1. The normalized spacial score (nSPS) is 16.5. The molecule has 25 heavy (non-hydrogen) atoms. The molecule has 0 aromatic heterocycles. The van der Waals surface area contributed by atoms with Crippen molar-refractivity contribution in [1.82, 2.24) is 4.90 Å². The maximum atomic E-state index is 13.7. The summed E-state index contributed by atoms with van der Waals surface area (Å²) in [6, 6.07) is 14.3. The molecule has 2 aromatic rings. The molecule has 0 spiro atoms. The number of anilines is 2. The molecule has 0 saturated carbocycles. The van der Waals surface area contributed by atoms with Gasteiger partial charge in [-0.05, 0) is 37.6 Å². The highest BCUT2D eigenvalue weighted by Crippen LogP contribution is 2.21. The molecule has 1 amide bonds. The number of halogens is 1. The Morgan fingerprint density at radius 3 is 2.36 bits per heavy atom. The average Bonchev–Trinajstić information content (AvgIpc) is 2.63. The summed E-state index contributed by atoms with van der Waals surface area (Å²) < 4.78 is 13.7. The van der Waals surface area contributed by atoms with Gasteiger partial charge in [0.2, 0.25) is 5.91 Å². The van der Waals surface area contributed by atoms with Crippen LogP contribution >= 0.6 is 0 Å². The number of amides is 1. The van der Waals surface area contributed by atoms with Crippen LogP contribution in [0.25, 0.3) is 0 Å². The molecule has 4 nitrogen and oxygen atoms in total. The fraction of sp³-hybridized carbons (Fsp3) is 0.350. The lowest BCUT2D eigenvalue weighted by Crippen LogP contribution is -2.53. The molecule has 1 saturated heterocycles. The molecule has 0 radical (unpaired) electrons. The Balaban J connectivity index is 1.58. The van der Waals surface area contributed by atoms with E-state index in [9.17, 15) is 9.18 Å². The smallest absolute Gasteiger partial charge is 0.241 e. The lowest BCUT2D eigenvalue weighted by Gasteiger charge is -2.39. The van der Waals surface area contributed by atoms with Gasteiger partial charge >= 0.3 is 0 Å². The average molecular weight is 341 g/mol. The van der Waals surface area contributed by atoms with Crippen LogP contribution in [0.5, 0.6) is 0 Å². The molecule has 0 bridgehead atoms. The molecular formula is C20H24FN3O. The van der Waals surface area contributed by atoms with E-state index in [1.807, 2.05) is 13.0 Å². The van der Waals surface area contributed by atoms with Crippen LogP contribution in [-0.2, 0) is 4.79 Å². The number of aryl methyl sites for hydroxylation is 1. The van der Waals surface area contributed by atoms with Crippen molar-refractivity contribution >= 4 is 17.3 Å². The van der Waals surface area contributed by atoms with E-state index >= 15 is 0 Å². The Hall–Kier alpha value is -2.40. The van der Waals surface area contributed by atoms with Gasteiger partial charge in [-0.1, -0.05) is 30.3 Å². The second-order valence-electron chi connectivity index (χ2n) is 6.45. The number of rotatable bonds is 4. The summed E-state index contributed by atoms with van der Waals surface area (Å²) >= 11 is 0. The van der Waals surface area contributed by atoms with E-state index in [0.29, 0.717) is 0 Å². The molecule has 1 aliphatic heterocycles. The van der Waals surface area contributed by atoms with E-state index in [4.69, 9.17) is 0 Å². The molecule has 5 heteroatoms. The maximum Gasteiger partial charge on any atom is 0.241 e. The Morgan fingerprint density at radius 1 is 1.04 bits per heavy atom. The molecule has 1 atom stereocenters. The highest BCUT2D eigenvalue weighted by molar-refractivity contribution is 5.94. The first-order valence-electron chi connectivity index (χ1n) is 8.66. The first-order valence-corrected chi connectivity index (χ1v) is 8.66. The monoisotopic (exact) mass is 341 g/mol. The van der Waals surface area contributed by atoms with Crippen LogP contribution in [0.4, 0.5) is 15.8 Å². The molecule has 3 rings (SSSR count). The van der Waals surface area contributed by atoms with Gasteiger partial charge in [-0.15, -0.1) is 0 Å². The summed E-state index contributed by atoms with van der Waals surface area (Å²) in [5.41, 5.74) is 2.75. The number of hydrogen-bond acceptors (Lipinski definition) is 3. The molecule has 1 fully saturated rings. The van der Waals surface area contributed by atoms with Crippen molar-refractivity contribution in [2.75, 3.05) is 36.4 Å². The van der Waals surface area contributed by atoms with Gasteiger partial charge in [0.25, 0.3) is 0 Å². The van der Waals surface area contributed by atoms with Crippen molar-refractivity contribution in [3.63, 3.8) is 0 Å². The fourth-order valence-electron chi connectivity index (χ4n) is 3.23. The Kier molecular flexibility index (Phi) is 5.34. The zero-order valence-corrected chi connectivity index (χ0v) is 14.7. The minimum absolute atomic E-state index is 0.172. The second-order valence-corrected chi connectivity index (χ2v) is 6.45. The van der Waals surface area contributed by atoms with Crippen LogP contribution in [0, 0.1) is 12.7 Å². The van der Waals surface area contributed by atoms with E-state index in [-0.39, 0.29) is 17.6 Å². The largest absolute Gasteiger partial charge is 0.369 e. The van der Waals surface area contributed by atoms with Gasteiger partial charge in [0.1, 0.15) is 5.82 Å². The molecule has 0 unspecified atom stereocenters. The minimum Gasteiger partial charge on any atom is -0.369 e. The number of nitrogens with one attached hydrogen (secondary N) is 1. The quantitative estimate of drug-likeness (QED) is 0.927. The lowest BCUT2D eigenvalue weighted by atomic mass is 10.1. The van der Waals surface area contributed by atoms with Crippen molar-refractivity contribution in [3.8, 4) is 0 Å². The number of carbonyl (C=O) groups is 1. The number of hydrogen-bond donors (Lipinski definition) is 1. The maximum absolute atomic E-state index is 13.7. The summed E-state index contributed by atoms with van der Waals surface area (Å²) in [7, 11) is 0. The van der Waals surface area contributed by atoms with Crippen molar-refractivity contribution < 1.29 is 9.18 Å². The number of carbonyl (C=O) groups excluding carboxylic acids is 1. The van der Waals surface area contributed by atoms with Gasteiger partial charge in [-0.25, -0.2) is 4.39 Å². The molecule has 132 valence electrons. The Morgan fingerprint density at radius 2 is 1.68 bits per heavy atom. The van der Waals surface area contributed by atoms with E-state index in [1.165, 1.54) is 17.3 Å². The van der Waals surface area contributed by atoms with Gasteiger partial charge < -0.3 is 10.2 Å². The topological polar surface area (TPSA) is 35.6 Å². The van der Waals surface area contributed by atoms with Crippen LogP contribution in [-0.4, -0.2) is 43.0 Å². The van der Waals surface area contributed by atoms with E-state index in [1.54, 1.807) is 18.2 Å². The van der Waals surface area contributed by atoms with Gasteiger partial charge in [0.05, 0.1) is 11.7 Å². The minimum atomic E-state index is -0.410. The Labute approximate surface area is 148 Å². The first-order chi connectivity index (χ1) is 12.1. The van der Waals surface area contributed by atoms with Crippen LogP contribution in [0.3, 0.4) is 0 Å². The van der Waals surface area contributed by atoms with Gasteiger partial charge in [-0.3, -0.25) is 9.69 Å². The zero-order valence-electron chi connectivity index (χ0n) is 14.7. The van der Waals surface area contributed by atoms with Gasteiger partial charge in [0, 0.05) is 31.9 Å². The number of para-hydroxylation sites is 2. The fourth-order valence-corrected chi connectivity index (χ4v) is 3.23. The Bertz CT molecular complexity index is 741. The van der Waals surface area contributed by atoms with Crippen LogP contribution in [0.2, 0.25) is 0 Å². The molecule has 1 heterocycles. The molecular weight excluding hydrogens is 317 g/mol. The third kappa shape index (κ3) is 3.99. The van der Waals surface area contributed by atoms with Crippen molar-refractivity contribution in [3.05, 3.63) is 59.9 Å². The third-order valence-corrected chi connectivity index (χ3v) is 4.83. The van der Waals surface area contributed by atoms with Crippen LogP contribution in [0.15, 0.2) is 48.5 Å². The first kappa shape index (κ1) is 17.4. The number of benzene rings is 2. The zero-order chi connectivity index (χ0) is 17.8. The predicted octanol–water partition coefficient (Wildman–Crippen LogP) is 3.28. The van der Waals surface area contributed by atoms with Crippen LogP contribution < -0.4 is 10.2 Å².